The fraction of sp³-hybridized carbons (Fsp3) is 0.650. The lowest BCUT2D eigenvalue weighted by molar-refractivity contribution is -0.129. The van der Waals surface area contributed by atoms with Gasteiger partial charge >= 0.3 is 0 Å². The van der Waals surface area contributed by atoms with Crippen LogP contribution in [-0.4, -0.2) is 35.5 Å². The number of carbonyl (C=O) groups is 1. The number of nitrogens with two attached hydrogens (primary N) is 1. The van der Waals surface area contributed by atoms with Gasteiger partial charge in [0.05, 0.1) is 5.92 Å². The second-order valence-corrected chi connectivity index (χ2v) is 8.43. The van der Waals surface area contributed by atoms with Crippen molar-refractivity contribution in [2.45, 2.75) is 63.6 Å². The number of amides is 1. The first-order valence-electron chi connectivity index (χ1n) is 9.50. The molecule has 1 saturated heterocycles. The Morgan fingerprint density at radius 1 is 1.24 bits per heavy atom. The van der Waals surface area contributed by atoms with E-state index in [9.17, 15) is 4.79 Å². The molecule has 2 aliphatic rings. The van der Waals surface area contributed by atoms with Gasteiger partial charge in [0, 0.05) is 36.2 Å². The lowest BCUT2D eigenvalue weighted by atomic mass is 9.74. The molecule has 0 bridgehead atoms. The highest BCUT2D eigenvalue weighted by atomic mass is 35.5. The third kappa shape index (κ3) is 4.96. The highest BCUT2D eigenvalue weighted by Crippen LogP contribution is 2.32. The SMILES string of the molecule is CC1(N)CCCCC1C(=O)NC1CCN(Cc2ccc(Cl)cc2)CC1. The molecule has 3 N–H and O–H groups in total. The standard InChI is InChI=1S/C20H30ClN3O/c1-20(22)11-3-2-4-18(20)19(25)23-17-9-12-24(13-10-17)14-15-5-7-16(21)8-6-15/h5-8,17-18H,2-4,9-14,22H2,1H3,(H,23,25). The molecule has 1 amide bonds. The zero-order valence-corrected chi connectivity index (χ0v) is 15.9. The molecule has 2 atom stereocenters. The highest BCUT2D eigenvalue weighted by molar-refractivity contribution is 6.30. The average molecular weight is 364 g/mol. The van der Waals surface area contributed by atoms with Gasteiger partial charge in [0.25, 0.3) is 0 Å². The highest BCUT2D eigenvalue weighted by Gasteiger charge is 2.38. The van der Waals surface area contributed by atoms with Crippen molar-refractivity contribution < 1.29 is 4.79 Å². The van der Waals surface area contributed by atoms with E-state index in [1.165, 1.54) is 5.56 Å². The van der Waals surface area contributed by atoms with Crippen LogP contribution in [0.5, 0.6) is 0 Å². The van der Waals surface area contributed by atoms with Gasteiger partial charge in [-0.15, -0.1) is 0 Å². The van der Waals surface area contributed by atoms with Crippen LogP contribution in [0.1, 0.15) is 51.0 Å². The van der Waals surface area contributed by atoms with Crippen molar-refractivity contribution in [3.63, 3.8) is 0 Å². The molecule has 25 heavy (non-hydrogen) atoms. The van der Waals surface area contributed by atoms with E-state index >= 15 is 0 Å². The van der Waals surface area contributed by atoms with Gasteiger partial charge in [0.15, 0.2) is 0 Å². The van der Waals surface area contributed by atoms with Crippen LogP contribution in [0.4, 0.5) is 0 Å². The lowest BCUT2D eigenvalue weighted by Gasteiger charge is -2.39. The molecule has 4 nitrogen and oxygen atoms in total. The minimum Gasteiger partial charge on any atom is -0.353 e. The summed E-state index contributed by atoms with van der Waals surface area (Å²) in [6, 6.07) is 8.34. The van der Waals surface area contributed by atoms with Gasteiger partial charge in [-0.2, -0.15) is 0 Å². The van der Waals surface area contributed by atoms with Gasteiger partial charge < -0.3 is 11.1 Å². The van der Waals surface area contributed by atoms with Gasteiger partial charge in [-0.3, -0.25) is 9.69 Å². The number of rotatable bonds is 4. The number of hydrogen-bond donors (Lipinski definition) is 2. The predicted molar refractivity (Wildman–Crippen MR) is 102 cm³/mol. The summed E-state index contributed by atoms with van der Waals surface area (Å²) in [6.45, 7) is 5.00. The van der Waals surface area contributed by atoms with E-state index in [1.807, 2.05) is 19.1 Å². The normalized spacial score (nSPS) is 28.7. The first kappa shape index (κ1) is 18.7. The molecule has 1 aliphatic carbocycles. The predicted octanol–water partition coefficient (Wildman–Crippen LogP) is 3.33. The maximum Gasteiger partial charge on any atom is 0.225 e. The van der Waals surface area contributed by atoms with Crippen molar-refractivity contribution in [3.8, 4) is 0 Å². The summed E-state index contributed by atoms with van der Waals surface area (Å²) in [5, 5.41) is 4.05. The molecule has 2 unspecified atom stereocenters. The first-order chi connectivity index (χ1) is 11.9. The Morgan fingerprint density at radius 2 is 1.92 bits per heavy atom. The minimum absolute atomic E-state index is 0.0339. The molecule has 0 radical (unpaired) electrons. The molecule has 2 fully saturated rings. The zero-order chi connectivity index (χ0) is 17.9. The fourth-order valence-electron chi connectivity index (χ4n) is 4.17. The number of benzene rings is 1. The van der Waals surface area contributed by atoms with Crippen LogP contribution >= 0.6 is 11.6 Å². The molecular formula is C20H30ClN3O. The van der Waals surface area contributed by atoms with Crippen LogP contribution in [-0.2, 0) is 11.3 Å². The van der Waals surface area contributed by atoms with Gasteiger partial charge in [0.1, 0.15) is 0 Å². The molecule has 1 aliphatic heterocycles. The molecule has 1 aromatic carbocycles. The average Bonchev–Trinajstić information content (AvgIpc) is 2.58. The summed E-state index contributed by atoms with van der Waals surface area (Å²) in [5.74, 6) is 0.134. The molecular weight excluding hydrogens is 334 g/mol. The van der Waals surface area contributed by atoms with Crippen LogP contribution in [0, 0.1) is 5.92 Å². The Hall–Kier alpha value is -1.10. The Balaban J connectivity index is 1.46. The summed E-state index contributed by atoms with van der Waals surface area (Å²) in [5.41, 5.74) is 7.30. The number of hydrogen-bond acceptors (Lipinski definition) is 3. The smallest absolute Gasteiger partial charge is 0.225 e. The number of nitrogens with zero attached hydrogens (tertiary/aromatic N) is 1. The first-order valence-corrected chi connectivity index (χ1v) is 9.88. The molecule has 3 rings (SSSR count). The zero-order valence-electron chi connectivity index (χ0n) is 15.1. The molecule has 138 valence electrons. The van der Waals surface area contributed by atoms with E-state index in [0.29, 0.717) is 0 Å². The van der Waals surface area contributed by atoms with Crippen molar-refractivity contribution in [1.29, 1.82) is 0 Å². The molecule has 1 aromatic rings. The topological polar surface area (TPSA) is 58.4 Å². The van der Waals surface area contributed by atoms with E-state index < -0.39 is 0 Å². The van der Waals surface area contributed by atoms with Crippen LogP contribution in [0.3, 0.4) is 0 Å². The van der Waals surface area contributed by atoms with E-state index in [-0.39, 0.29) is 23.4 Å². The number of carbonyl (C=O) groups excluding carboxylic acids is 1. The number of likely N-dealkylation sites (tertiary alicyclic amines) is 1. The van der Waals surface area contributed by atoms with Crippen molar-refractivity contribution >= 4 is 17.5 Å². The molecule has 1 saturated carbocycles. The van der Waals surface area contributed by atoms with E-state index in [1.54, 1.807) is 0 Å². The summed E-state index contributed by atoms with van der Waals surface area (Å²) < 4.78 is 0. The largest absolute Gasteiger partial charge is 0.353 e. The molecule has 5 heteroatoms. The van der Waals surface area contributed by atoms with Gasteiger partial charge in [0.2, 0.25) is 5.91 Å². The number of piperidine rings is 1. The summed E-state index contributed by atoms with van der Waals surface area (Å²) >= 11 is 5.94. The molecule has 1 heterocycles. The Morgan fingerprint density at radius 3 is 2.56 bits per heavy atom. The van der Waals surface area contributed by atoms with Crippen molar-refractivity contribution in [2.75, 3.05) is 13.1 Å². The second kappa shape index (κ2) is 8.07. The Labute approximate surface area is 156 Å². The number of nitrogens with one attached hydrogen (secondary N) is 1. The van der Waals surface area contributed by atoms with Crippen LogP contribution in [0.25, 0.3) is 0 Å². The number of halogens is 1. The fourth-order valence-corrected chi connectivity index (χ4v) is 4.30. The molecule has 0 spiro atoms. The molecule has 0 aromatic heterocycles. The van der Waals surface area contributed by atoms with Crippen LogP contribution in [0.2, 0.25) is 5.02 Å². The van der Waals surface area contributed by atoms with Gasteiger partial charge in [-0.05, 0) is 50.3 Å². The quantitative estimate of drug-likeness (QED) is 0.862. The van der Waals surface area contributed by atoms with Crippen molar-refractivity contribution in [1.82, 2.24) is 10.2 Å². The van der Waals surface area contributed by atoms with E-state index in [4.69, 9.17) is 17.3 Å². The van der Waals surface area contributed by atoms with Crippen molar-refractivity contribution in [2.24, 2.45) is 11.7 Å². The van der Waals surface area contributed by atoms with Crippen molar-refractivity contribution in [3.05, 3.63) is 34.9 Å². The third-order valence-electron chi connectivity index (χ3n) is 5.82. The van der Waals surface area contributed by atoms with E-state index in [2.05, 4.69) is 22.3 Å². The minimum atomic E-state index is -0.350. The Kier molecular flexibility index (Phi) is 6.03. The van der Waals surface area contributed by atoms with Crippen LogP contribution < -0.4 is 11.1 Å². The maximum atomic E-state index is 12.7. The van der Waals surface area contributed by atoms with E-state index in [0.717, 1.165) is 63.2 Å². The third-order valence-corrected chi connectivity index (χ3v) is 6.08. The second-order valence-electron chi connectivity index (χ2n) is 7.99. The monoisotopic (exact) mass is 363 g/mol. The van der Waals surface area contributed by atoms with Crippen LogP contribution in [0.15, 0.2) is 24.3 Å². The summed E-state index contributed by atoms with van der Waals surface area (Å²) in [4.78, 5) is 15.1. The maximum absolute atomic E-state index is 12.7. The van der Waals surface area contributed by atoms with Gasteiger partial charge in [-0.25, -0.2) is 0 Å². The Bertz CT molecular complexity index is 579. The lowest BCUT2D eigenvalue weighted by Crippen LogP contribution is -2.55. The van der Waals surface area contributed by atoms with Gasteiger partial charge in [-0.1, -0.05) is 36.6 Å². The summed E-state index contributed by atoms with van der Waals surface area (Å²) in [7, 11) is 0. The summed E-state index contributed by atoms with van der Waals surface area (Å²) in [6.07, 6.45) is 6.14.